The highest BCUT2D eigenvalue weighted by atomic mass is 16.6. The van der Waals surface area contributed by atoms with Crippen molar-refractivity contribution < 1.29 is 28.6 Å². The van der Waals surface area contributed by atoms with Crippen LogP contribution in [0.25, 0.3) is 0 Å². The molecule has 0 aromatic rings. The summed E-state index contributed by atoms with van der Waals surface area (Å²) in [5.74, 6) is -0.945. The normalized spacial score (nSPS) is 12.1. The van der Waals surface area contributed by atoms with Gasteiger partial charge in [-0.25, -0.2) is 0 Å². The first-order valence-electron chi connectivity index (χ1n) is 25.3. The van der Waals surface area contributed by atoms with E-state index in [0.29, 0.717) is 19.3 Å². The third-order valence-electron chi connectivity index (χ3n) is 11.2. The van der Waals surface area contributed by atoms with Crippen LogP contribution in [0.3, 0.4) is 0 Å². The fourth-order valence-electron chi connectivity index (χ4n) is 7.38. The van der Waals surface area contributed by atoms with Crippen molar-refractivity contribution in [2.75, 3.05) is 13.2 Å². The molecule has 0 aliphatic carbocycles. The van der Waals surface area contributed by atoms with Crippen LogP contribution in [0.4, 0.5) is 0 Å². The number of rotatable bonds is 46. The minimum Gasteiger partial charge on any atom is -0.462 e. The summed E-state index contributed by atoms with van der Waals surface area (Å²) in [6.45, 7) is 6.60. The molecule has 0 aromatic carbocycles. The Hall–Kier alpha value is -2.11. The van der Waals surface area contributed by atoms with E-state index in [4.69, 9.17) is 14.2 Å². The van der Waals surface area contributed by atoms with E-state index in [9.17, 15) is 14.4 Å². The maximum Gasteiger partial charge on any atom is 0.306 e. The van der Waals surface area contributed by atoms with Crippen LogP contribution in [0.2, 0.25) is 0 Å². The highest BCUT2D eigenvalue weighted by Crippen LogP contribution is 2.16. The largest absolute Gasteiger partial charge is 0.462 e. The Bertz CT molecular complexity index is 942. The van der Waals surface area contributed by atoms with Crippen molar-refractivity contribution in [2.24, 2.45) is 0 Å². The molecule has 1 unspecified atom stereocenters. The molecule has 0 N–H and O–H groups in total. The Kier molecular flexibility index (Phi) is 45.8. The number of hydrogen-bond donors (Lipinski definition) is 0. The average molecular weight is 817 g/mol. The molecule has 6 heteroatoms. The zero-order valence-corrected chi connectivity index (χ0v) is 38.8. The van der Waals surface area contributed by atoms with Gasteiger partial charge in [-0.05, 0) is 38.5 Å². The Labute approximate surface area is 360 Å². The van der Waals surface area contributed by atoms with Crippen LogP contribution < -0.4 is 0 Å². The molecule has 0 heterocycles. The van der Waals surface area contributed by atoms with E-state index in [1.165, 1.54) is 173 Å². The van der Waals surface area contributed by atoms with Crippen molar-refractivity contribution in [1.29, 1.82) is 0 Å². The second-order valence-corrected chi connectivity index (χ2v) is 17.1. The van der Waals surface area contributed by atoms with E-state index < -0.39 is 6.10 Å². The molecule has 0 aliphatic heterocycles. The van der Waals surface area contributed by atoms with Gasteiger partial charge in [0.2, 0.25) is 0 Å². The monoisotopic (exact) mass is 817 g/mol. The third kappa shape index (κ3) is 45.0. The van der Waals surface area contributed by atoms with Crippen LogP contribution in [-0.4, -0.2) is 37.2 Å². The second-order valence-electron chi connectivity index (χ2n) is 17.1. The van der Waals surface area contributed by atoms with Crippen LogP contribution in [-0.2, 0) is 28.6 Å². The molecule has 0 amide bonds. The second kappa shape index (κ2) is 47.6. The molecule has 0 rings (SSSR count). The lowest BCUT2D eigenvalue weighted by Gasteiger charge is -2.18. The molecule has 1 atom stereocenters. The third-order valence-corrected chi connectivity index (χ3v) is 11.2. The summed E-state index contributed by atoms with van der Waals surface area (Å²) in [5, 5.41) is 0. The van der Waals surface area contributed by atoms with Crippen molar-refractivity contribution >= 4 is 17.9 Å². The molecule has 0 spiro atoms. The van der Waals surface area contributed by atoms with Crippen LogP contribution in [0.5, 0.6) is 0 Å². The van der Waals surface area contributed by atoms with Gasteiger partial charge >= 0.3 is 17.9 Å². The molecule has 0 radical (unpaired) electrons. The van der Waals surface area contributed by atoms with Crippen LogP contribution >= 0.6 is 0 Å². The van der Waals surface area contributed by atoms with Crippen molar-refractivity contribution in [1.82, 2.24) is 0 Å². The van der Waals surface area contributed by atoms with Crippen molar-refractivity contribution in [3.8, 4) is 0 Å². The van der Waals surface area contributed by atoms with Crippen LogP contribution in [0.15, 0.2) is 24.3 Å². The van der Waals surface area contributed by atoms with Gasteiger partial charge in [-0.3, -0.25) is 14.4 Å². The maximum absolute atomic E-state index is 12.7. The molecule has 340 valence electrons. The minimum absolute atomic E-state index is 0.0889. The number of allylic oxidation sites excluding steroid dienone is 4. The van der Waals surface area contributed by atoms with Crippen molar-refractivity contribution in [2.45, 2.75) is 277 Å². The average Bonchev–Trinajstić information content (AvgIpc) is 3.22. The SMILES string of the molecule is CCCCCCCC/C=C/C/C=C/CCC(=O)OC(COC(=O)CCCCCCCCCCCCCCC)COC(=O)CCCCCCCCCCCCCCCC. The molecular weight excluding hydrogens is 721 g/mol. The van der Waals surface area contributed by atoms with Gasteiger partial charge in [0.05, 0.1) is 0 Å². The van der Waals surface area contributed by atoms with Gasteiger partial charge in [-0.15, -0.1) is 0 Å². The van der Waals surface area contributed by atoms with E-state index in [0.717, 1.165) is 51.4 Å². The summed E-state index contributed by atoms with van der Waals surface area (Å²) in [6.07, 6.45) is 53.1. The Morgan fingerprint density at radius 2 is 0.655 bits per heavy atom. The van der Waals surface area contributed by atoms with Crippen LogP contribution in [0.1, 0.15) is 271 Å². The smallest absolute Gasteiger partial charge is 0.306 e. The van der Waals surface area contributed by atoms with Crippen molar-refractivity contribution in [3.63, 3.8) is 0 Å². The molecule has 0 saturated carbocycles. The predicted molar refractivity (Wildman–Crippen MR) is 247 cm³/mol. The first-order chi connectivity index (χ1) is 28.5. The zero-order valence-electron chi connectivity index (χ0n) is 38.8. The number of carbonyl (C=O) groups is 3. The number of hydrogen-bond acceptors (Lipinski definition) is 6. The molecule has 58 heavy (non-hydrogen) atoms. The van der Waals surface area contributed by atoms with E-state index in [1.807, 2.05) is 6.08 Å². The molecule has 0 saturated heterocycles. The minimum atomic E-state index is -0.794. The fourth-order valence-corrected chi connectivity index (χ4v) is 7.38. The van der Waals surface area contributed by atoms with Gasteiger partial charge in [0.1, 0.15) is 13.2 Å². The fraction of sp³-hybridized carbons (Fsp3) is 0.865. The summed E-state index contributed by atoms with van der Waals surface area (Å²) in [6, 6.07) is 0. The summed E-state index contributed by atoms with van der Waals surface area (Å²) < 4.78 is 16.7. The molecular formula is C52H96O6. The lowest BCUT2D eigenvalue weighted by molar-refractivity contribution is -0.166. The molecule has 0 aromatic heterocycles. The number of unbranched alkanes of at least 4 members (excludes halogenated alkanes) is 31. The van der Waals surface area contributed by atoms with E-state index in [1.54, 1.807) is 0 Å². The van der Waals surface area contributed by atoms with E-state index in [2.05, 4.69) is 39.0 Å². The van der Waals surface area contributed by atoms with Gasteiger partial charge in [0, 0.05) is 19.3 Å². The Balaban J connectivity index is 4.40. The molecule has 0 bridgehead atoms. The number of carbonyl (C=O) groups excluding carboxylic acids is 3. The highest BCUT2D eigenvalue weighted by Gasteiger charge is 2.19. The molecule has 0 fully saturated rings. The Morgan fingerprint density at radius 1 is 0.345 bits per heavy atom. The van der Waals surface area contributed by atoms with Gasteiger partial charge < -0.3 is 14.2 Å². The number of ether oxygens (including phenoxy) is 3. The molecule has 6 nitrogen and oxygen atoms in total. The van der Waals surface area contributed by atoms with Crippen molar-refractivity contribution in [3.05, 3.63) is 24.3 Å². The first kappa shape index (κ1) is 55.9. The standard InChI is InChI=1S/C52H96O6/c1-4-7-10-13-16-19-22-25-28-30-33-36-39-42-45-51(54)57-48-49(58-52(55)46-43-40-37-34-31-27-24-21-18-15-12-9-6-3)47-56-50(53)44-41-38-35-32-29-26-23-20-17-14-11-8-5-2/h27,31,37,40,49H,4-26,28-30,32-36,38-39,41-48H2,1-3H3/b31-27+,40-37+. The Morgan fingerprint density at radius 3 is 1.02 bits per heavy atom. The van der Waals surface area contributed by atoms with Gasteiger partial charge in [0.25, 0.3) is 0 Å². The number of esters is 3. The first-order valence-corrected chi connectivity index (χ1v) is 25.3. The summed E-state index contributed by atoms with van der Waals surface area (Å²) in [4.78, 5) is 37.8. The van der Waals surface area contributed by atoms with Crippen LogP contribution in [0, 0.1) is 0 Å². The topological polar surface area (TPSA) is 78.9 Å². The van der Waals surface area contributed by atoms with Gasteiger partial charge in [-0.2, -0.15) is 0 Å². The summed E-state index contributed by atoms with van der Waals surface area (Å²) in [7, 11) is 0. The summed E-state index contributed by atoms with van der Waals surface area (Å²) in [5.41, 5.74) is 0. The highest BCUT2D eigenvalue weighted by molar-refractivity contribution is 5.71. The van der Waals surface area contributed by atoms with Gasteiger partial charge in [-0.1, -0.05) is 238 Å². The lowest BCUT2D eigenvalue weighted by atomic mass is 10.0. The van der Waals surface area contributed by atoms with Gasteiger partial charge in [0.15, 0.2) is 6.10 Å². The maximum atomic E-state index is 12.7. The predicted octanol–water partition coefficient (Wildman–Crippen LogP) is 16.4. The molecule has 0 aliphatic rings. The zero-order chi connectivity index (χ0) is 42.3. The van der Waals surface area contributed by atoms with E-state index >= 15 is 0 Å². The lowest BCUT2D eigenvalue weighted by Crippen LogP contribution is -2.30. The quantitative estimate of drug-likeness (QED) is 0.0263. The van der Waals surface area contributed by atoms with E-state index in [-0.39, 0.29) is 37.5 Å². The summed E-state index contributed by atoms with van der Waals surface area (Å²) >= 11 is 0.